The topological polar surface area (TPSA) is 123 Å². The third-order valence-corrected chi connectivity index (χ3v) is 3.60. The van der Waals surface area contributed by atoms with Crippen LogP contribution in [-0.4, -0.2) is 28.8 Å². The number of aliphatic carboxylic acids is 2. The first kappa shape index (κ1) is 18.2. The highest BCUT2D eigenvalue weighted by Gasteiger charge is 2.16. The van der Waals surface area contributed by atoms with Gasteiger partial charge in [0.15, 0.2) is 17.8 Å². The van der Waals surface area contributed by atoms with Crippen molar-refractivity contribution >= 4 is 22.9 Å². The van der Waals surface area contributed by atoms with Gasteiger partial charge in [0, 0.05) is 11.6 Å². The van der Waals surface area contributed by atoms with Gasteiger partial charge in [-0.1, -0.05) is 30.3 Å². The maximum absolute atomic E-state index is 12.6. The number of fused-ring (bicyclic) bond motifs is 1. The molecule has 0 aliphatic carbocycles. The molecule has 27 heavy (non-hydrogen) atoms. The summed E-state index contributed by atoms with van der Waals surface area (Å²) in [5.74, 6) is -2.16. The molecular weight excluding hydrogens is 356 g/mol. The molecule has 0 fully saturated rings. The van der Waals surface area contributed by atoms with Crippen molar-refractivity contribution in [2.45, 2.75) is 6.42 Å². The molecule has 2 aromatic carbocycles. The third-order valence-electron chi connectivity index (χ3n) is 3.60. The van der Waals surface area contributed by atoms with Crippen LogP contribution in [0.25, 0.3) is 22.3 Å². The zero-order valence-corrected chi connectivity index (χ0v) is 13.9. The number of benzene rings is 2. The van der Waals surface area contributed by atoms with Gasteiger partial charge in [0.2, 0.25) is 0 Å². The molecule has 1 aromatic heterocycles. The lowest BCUT2D eigenvalue weighted by atomic mass is 10.1. The van der Waals surface area contributed by atoms with Crippen molar-refractivity contribution in [2.75, 3.05) is 6.61 Å². The van der Waals surface area contributed by atoms with E-state index in [9.17, 15) is 14.4 Å². The van der Waals surface area contributed by atoms with Gasteiger partial charge in [-0.05, 0) is 17.7 Å². The summed E-state index contributed by atoms with van der Waals surface area (Å²) in [6, 6.07) is 12.9. The van der Waals surface area contributed by atoms with E-state index in [1.165, 1.54) is 18.2 Å². The van der Waals surface area contributed by atoms with Crippen molar-refractivity contribution in [2.24, 2.45) is 0 Å². The van der Waals surface area contributed by atoms with Crippen molar-refractivity contribution in [3.8, 4) is 17.1 Å². The molecule has 0 amide bonds. The van der Waals surface area contributed by atoms with E-state index in [1.54, 1.807) is 24.3 Å². The predicted octanol–water partition coefficient (Wildman–Crippen LogP) is 2.48. The molecule has 0 spiro atoms. The molecule has 138 valence electrons. The van der Waals surface area contributed by atoms with Gasteiger partial charge in [-0.25, -0.2) is 4.79 Å². The highest BCUT2D eigenvalue weighted by Crippen LogP contribution is 2.29. The summed E-state index contributed by atoms with van der Waals surface area (Å²) in [5, 5.41) is 17.7. The molecule has 0 aliphatic rings. The highest BCUT2D eigenvalue weighted by molar-refractivity contribution is 5.86. The molecule has 3 aromatic rings. The zero-order valence-electron chi connectivity index (χ0n) is 13.9. The molecule has 0 aliphatic heterocycles. The highest BCUT2D eigenvalue weighted by atomic mass is 17.2. The number of hydrogen-bond acceptors (Lipinski definition) is 6. The van der Waals surface area contributed by atoms with E-state index in [0.717, 1.165) is 0 Å². The first-order chi connectivity index (χ1) is 12.9. The molecule has 0 radical (unpaired) electrons. The summed E-state index contributed by atoms with van der Waals surface area (Å²) in [7, 11) is 0. The van der Waals surface area contributed by atoms with Crippen LogP contribution in [0.5, 0.6) is 5.75 Å². The van der Waals surface area contributed by atoms with Crippen molar-refractivity contribution in [1.29, 1.82) is 0 Å². The van der Waals surface area contributed by atoms with Crippen molar-refractivity contribution in [3.05, 3.63) is 64.3 Å². The summed E-state index contributed by atoms with van der Waals surface area (Å²) in [6.07, 6.45) is -0.343. The monoisotopic (exact) mass is 370 g/mol. The van der Waals surface area contributed by atoms with E-state index >= 15 is 0 Å². The van der Waals surface area contributed by atoms with Crippen LogP contribution in [0.4, 0.5) is 0 Å². The van der Waals surface area contributed by atoms with Gasteiger partial charge in [0.05, 0.1) is 6.42 Å². The molecule has 0 saturated heterocycles. The maximum Gasteiger partial charge on any atom is 0.334 e. The minimum atomic E-state index is -1.26. The number of carboxylic acids is 2. The van der Waals surface area contributed by atoms with Crippen molar-refractivity contribution < 1.29 is 34.0 Å². The van der Waals surface area contributed by atoms with E-state index in [2.05, 4.69) is 4.89 Å². The van der Waals surface area contributed by atoms with Crippen LogP contribution in [0.3, 0.4) is 0 Å². The smallest absolute Gasteiger partial charge is 0.334 e. The lowest BCUT2D eigenvalue weighted by molar-refractivity contribution is -0.212. The Kier molecular flexibility index (Phi) is 5.18. The molecular formula is C19H14O8. The van der Waals surface area contributed by atoms with Crippen LogP contribution in [0.15, 0.2) is 57.7 Å². The largest absolute Gasteiger partial charge is 0.481 e. The van der Waals surface area contributed by atoms with Gasteiger partial charge in [-0.3, -0.25) is 9.59 Å². The van der Waals surface area contributed by atoms with E-state index < -0.39 is 24.0 Å². The van der Waals surface area contributed by atoms with Crippen LogP contribution >= 0.6 is 0 Å². The van der Waals surface area contributed by atoms with Gasteiger partial charge in [-0.2, -0.15) is 4.89 Å². The Balaban J connectivity index is 2.13. The molecule has 2 N–H and O–H groups in total. The van der Waals surface area contributed by atoms with Crippen LogP contribution in [0, 0.1) is 0 Å². The van der Waals surface area contributed by atoms with Crippen molar-refractivity contribution in [1.82, 2.24) is 0 Å². The number of rotatable bonds is 7. The standard InChI is InChI=1S/C19H14O8/c20-13-9-14(12-4-2-1-3-5-12)26-15-6-11(8-17(21)22)7-16(19(13)15)27-25-10-18(23)24/h1-7,9H,8,10H2,(H,21,22)(H,23,24). The third kappa shape index (κ3) is 4.31. The fourth-order valence-electron chi connectivity index (χ4n) is 2.54. The Labute approximate surface area is 152 Å². The predicted molar refractivity (Wildman–Crippen MR) is 93.5 cm³/mol. The van der Waals surface area contributed by atoms with Crippen LogP contribution < -0.4 is 10.3 Å². The molecule has 0 saturated carbocycles. The summed E-state index contributed by atoms with van der Waals surface area (Å²) < 4.78 is 5.77. The normalized spacial score (nSPS) is 10.7. The second-order valence-electron chi connectivity index (χ2n) is 5.62. The fourth-order valence-corrected chi connectivity index (χ4v) is 2.54. The Morgan fingerprint density at radius 1 is 1.00 bits per heavy atom. The summed E-state index contributed by atoms with van der Waals surface area (Å²) in [5.41, 5.74) is 0.641. The Morgan fingerprint density at radius 3 is 2.41 bits per heavy atom. The van der Waals surface area contributed by atoms with E-state index in [1.807, 2.05) is 6.07 Å². The minimum absolute atomic E-state index is 0.0224. The van der Waals surface area contributed by atoms with Crippen LogP contribution in [0.1, 0.15) is 5.56 Å². The average Bonchev–Trinajstić information content (AvgIpc) is 2.61. The molecule has 1 heterocycles. The SMILES string of the molecule is O=C(O)COOc1cc(CC(=O)O)cc2oc(-c3ccccc3)cc(=O)c12. The Bertz CT molecular complexity index is 1050. The van der Waals surface area contributed by atoms with Crippen molar-refractivity contribution in [3.63, 3.8) is 0 Å². The van der Waals surface area contributed by atoms with Gasteiger partial charge >= 0.3 is 11.9 Å². The first-order valence-electron chi connectivity index (χ1n) is 7.83. The molecule has 8 heteroatoms. The summed E-state index contributed by atoms with van der Waals surface area (Å²) in [4.78, 5) is 43.7. The first-order valence-corrected chi connectivity index (χ1v) is 7.83. The Morgan fingerprint density at radius 2 is 1.74 bits per heavy atom. The quantitative estimate of drug-likeness (QED) is 0.480. The van der Waals surface area contributed by atoms with Gasteiger partial charge < -0.3 is 19.5 Å². The Hall–Kier alpha value is -3.65. The van der Waals surface area contributed by atoms with E-state index in [-0.39, 0.29) is 23.1 Å². The minimum Gasteiger partial charge on any atom is -0.481 e. The lowest BCUT2D eigenvalue weighted by Gasteiger charge is -2.10. The van der Waals surface area contributed by atoms with Gasteiger partial charge in [0.25, 0.3) is 0 Å². The maximum atomic E-state index is 12.6. The molecule has 3 rings (SSSR count). The second kappa shape index (κ2) is 7.71. The summed E-state index contributed by atoms with van der Waals surface area (Å²) in [6.45, 7) is -0.752. The molecule has 0 unspecified atom stereocenters. The summed E-state index contributed by atoms with van der Waals surface area (Å²) >= 11 is 0. The van der Waals surface area contributed by atoms with E-state index in [0.29, 0.717) is 16.9 Å². The second-order valence-corrected chi connectivity index (χ2v) is 5.62. The van der Waals surface area contributed by atoms with E-state index in [4.69, 9.17) is 19.5 Å². The van der Waals surface area contributed by atoms with Crippen LogP contribution in [-0.2, 0) is 20.9 Å². The number of carboxylic acid groups (broad SMARTS) is 2. The van der Waals surface area contributed by atoms with Gasteiger partial charge in [0.1, 0.15) is 16.7 Å². The number of hydrogen-bond donors (Lipinski definition) is 2. The lowest BCUT2D eigenvalue weighted by Crippen LogP contribution is -2.11. The van der Waals surface area contributed by atoms with Gasteiger partial charge in [-0.15, -0.1) is 0 Å². The fraction of sp³-hybridized carbons (Fsp3) is 0.105. The molecule has 0 atom stereocenters. The molecule has 8 nitrogen and oxygen atoms in total. The van der Waals surface area contributed by atoms with Crippen LogP contribution in [0.2, 0.25) is 0 Å². The molecule has 0 bridgehead atoms. The average molecular weight is 370 g/mol. The zero-order chi connectivity index (χ0) is 19.4. The number of carbonyl (C=O) groups is 2.